The van der Waals surface area contributed by atoms with Crippen molar-refractivity contribution < 1.29 is 19.1 Å². The van der Waals surface area contributed by atoms with Gasteiger partial charge in [0.1, 0.15) is 5.75 Å². The first-order valence-corrected chi connectivity index (χ1v) is 11.4. The van der Waals surface area contributed by atoms with Crippen molar-refractivity contribution >= 4 is 23.4 Å². The van der Waals surface area contributed by atoms with Crippen LogP contribution in [0.4, 0.5) is 0 Å². The van der Waals surface area contributed by atoms with E-state index < -0.39 is 5.41 Å². The molecule has 1 aromatic rings. The standard InChI is InChI=1S/C23H34ClN3O4/c1-25-10-12-26(13-11-25)22(29)16-23(18-31-20-6-3-5-19(24)15-20)8-4-9-27(17-23)21(28)7-14-30-2/h3,5-6,15H,4,7-14,16-18H2,1-2H3/t23-/m1/s1. The lowest BCUT2D eigenvalue weighted by Gasteiger charge is -2.43. The molecule has 0 bridgehead atoms. The number of piperazine rings is 1. The molecule has 2 amide bonds. The summed E-state index contributed by atoms with van der Waals surface area (Å²) in [5.74, 6) is 0.900. The molecule has 0 saturated carbocycles. The Kier molecular flexibility index (Phi) is 8.58. The fourth-order valence-electron chi connectivity index (χ4n) is 4.36. The highest BCUT2D eigenvalue weighted by molar-refractivity contribution is 6.30. The predicted octanol–water partition coefficient (Wildman–Crippen LogP) is 2.53. The zero-order chi connectivity index (χ0) is 22.3. The molecule has 0 aromatic heterocycles. The van der Waals surface area contributed by atoms with E-state index in [4.69, 9.17) is 21.1 Å². The van der Waals surface area contributed by atoms with Gasteiger partial charge in [0.25, 0.3) is 0 Å². The van der Waals surface area contributed by atoms with Gasteiger partial charge in [-0.1, -0.05) is 17.7 Å². The summed E-state index contributed by atoms with van der Waals surface area (Å²) in [5, 5.41) is 0.611. The molecule has 2 fully saturated rings. The molecule has 7 nitrogen and oxygen atoms in total. The number of piperidine rings is 1. The Morgan fingerprint density at radius 1 is 1.10 bits per heavy atom. The highest BCUT2D eigenvalue weighted by Gasteiger charge is 2.41. The van der Waals surface area contributed by atoms with Crippen LogP contribution in [0.25, 0.3) is 0 Å². The first-order valence-electron chi connectivity index (χ1n) is 11.0. The normalized spacial score (nSPS) is 22.4. The summed E-state index contributed by atoms with van der Waals surface area (Å²) in [4.78, 5) is 31.9. The quantitative estimate of drug-likeness (QED) is 0.607. The third-order valence-electron chi connectivity index (χ3n) is 6.26. The molecule has 2 aliphatic rings. The van der Waals surface area contributed by atoms with Gasteiger partial charge in [-0.25, -0.2) is 0 Å². The number of hydrogen-bond acceptors (Lipinski definition) is 5. The maximum atomic E-state index is 13.2. The maximum Gasteiger partial charge on any atom is 0.224 e. The number of likely N-dealkylation sites (N-methyl/N-ethyl adjacent to an activating group) is 1. The van der Waals surface area contributed by atoms with Crippen LogP contribution in [0.3, 0.4) is 0 Å². The number of likely N-dealkylation sites (tertiary alicyclic amines) is 1. The van der Waals surface area contributed by atoms with E-state index in [2.05, 4.69) is 11.9 Å². The van der Waals surface area contributed by atoms with E-state index in [1.807, 2.05) is 21.9 Å². The smallest absolute Gasteiger partial charge is 0.224 e. The maximum absolute atomic E-state index is 13.2. The molecule has 31 heavy (non-hydrogen) atoms. The number of rotatable bonds is 8. The van der Waals surface area contributed by atoms with Gasteiger partial charge in [0, 0.05) is 63.2 Å². The number of amides is 2. The molecule has 1 atom stereocenters. The number of carbonyl (C=O) groups is 2. The van der Waals surface area contributed by atoms with Gasteiger partial charge < -0.3 is 24.2 Å². The number of methoxy groups -OCH3 is 1. The minimum Gasteiger partial charge on any atom is -0.493 e. The van der Waals surface area contributed by atoms with Gasteiger partial charge in [0.15, 0.2) is 0 Å². The van der Waals surface area contributed by atoms with E-state index in [-0.39, 0.29) is 11.8 Å². The summed E-state index contributed by atoms with van der Waals surface area (Å²) in [6.07, 6.45) is 2.44. The van der Waals surface area contributed by atoms with Gasteiger partial charge in [-0.15, -0.1) is 0 Å². The van der Waals surface area contributed by atoms with Crippen molar-refractivity contribution in [2.45, 2.75) is 25.7 Å². The fraction of sp³-hybridized carbons (Fsp3) is 0.652. The van der Waals surface area contributed by atoms with E-state index in [1.165, 1.54) is 0 Å². The number of hydrogen-bond donors (Lipinski definition) is 0. The molecule has 0 aliphatic carbocycles. The zero-order valence-corrected chi connectivity index (χ0v) is 19.4. The molecule has 8 heteroatoms. The summed E-state index contributed by atoms with van der Waals surface area (Å²) in [6, 6.07) is 7.30. The topological polar surface area (TPSA) is 62.3 Å². The van der Waals surface area contributed by atoms with Crippen LogP contribution >= 0.6 is 11.6 Å². The van der Waals surface area contributed by atoms with Crippen molar-refractivity contribution in [3.05, 3.63) is 29.3 Å². The summed E-state index contributed by atoms with van der Waals surface area (Å²) < 4.78 is 11.2. The van der Waals surface area contributed by atoms with Gasteiger partial charge in [0.05, 0.1) is 19.6 Å². The van der Waals surface area contributed by atoms with E-state index in [0.717, 1.165) is 39.0 Å². The highest BCUT2D eigenvalue weighted by Crippen LogP contribution is 2.36. The molecule has 172 valence electrons. The monoisotopic (exact) mass is 451 g/mol. The van der Waals surface area contributed by atoms with Crippen molar-refractivity contribution in [2.24, 2.45) is 5.41 Å². The average molecular weight is 452 g/mol. The largest absolute Gasteiger partial charge is 0.493 e. The number of halogens is 1. The number of ether oxygens (including phenoxy) is 2. The van der Waals surface area contributed by atoms with Crippen molar-refractivity contribution in [1.29, 1.82) is 0 Å². The third-order valence-corrected chi connectivity index (χ3v) is 6.49. The van der Waals surface area contributed by atoms with Crippen LogP contribution in [0.15, 0.2) is 24.3 Å². The Morgan fingerprint density at radius 2 is 1.87 bits per heavy atom. The van der Waals surface area contributed by atoms with Crippen LogP contribution in [0.2, 0.25) is 5.02 Å². The molecular formula is C23H34ClN3O4. The molecule has 2 aliphatic heterocycles. The molecule has 0 spiro atoms. The Labute approximate surface area is 190 Å². The van der Waals surface area contributed by atoms with Crippen molar-refractivity contribution in [1.82, 2.24) is 14.7 Å². The minimum atomic E-state index is -0.413. The second-order valence-electron chi connectivity index (χ2n) is 8.77. The number of carbonyl (C=O) groups excluding carboxylic acids is 2. The Balaban J connectivity index is 1.72. The lowest BCUT2D eigenvalue weighted by atomic mass is 9.77. The fourth-order valence-corrected chi connectivity index (χ4v) is 4.54. The molecule has 0 unspecified atom stereocenters. The summed E-state index contributed by atoms with van der Waals surface area (Å²) in [5.41, 5.74) is -0.413. The van der Waals surface area contributed by atoms with Gasteiger partial charge in [-0.05, 0) is 38.1 Å². The van der Waals surface area contributed by atoms with Crippen LogP contribution in [0.5, 0.6) is 5.75 Å². The first kappa shape index (κ1) is 23.8. The van der Waals surface area contributed by atoms with E-state index in [9.17, 15) is 9.59 Å². The molecule has 2 saturated heterocycles. The van der Waals surface area contributed by atoms with E-state index in [1.54, 1.807) is 19.2 Å². The second kappa shape index (κ2) is 11.2. The Bertz CT molecular complexity index is 754. The minimum absolute atomic E-state index is 0.0701. The molecule has 1 aromatic carbocycles. The number of benzene rings is 1. The first-order chi connectivity index (χ1) is 14.9. The van der Waals surface area contributed by atoms with E-state index in [0.29, 0.717) is 49.9 Å². The SMILES string of the molecule is COCCC(=O)N1CCC[C@@](COc2cccc(Cl)c2)(CC(=O)N2CCN(C)CC2)C1. The van der Waals surface area contributed by atoms with E-state index >= 15 is 0 Å². The van der Waals surface area contributed by atoms with Crippen LogP contribution in [-0.4, -0.2) is 93.2 Å². The van der Waals surface area contributed by atoms with Crippen LogP contribution in [-0.2, 0) is 14.3 Å². The van der Waals surface area contributed by atoms with Crippen LogP contribution in [0.1, 0.15) is 25.7 Å². The van der Waals surface area contributed by atoms with Crippen LogP contribution < -0.4 is 4.74 Å². The van der Waals surface area contributed by atoms with Crippen molar-refractivity contribution in [3.8, 4) is 5.75 Å². The summed E-state index contributed by atoms with van der Waals surface area (Å²) in [7, 11) is 3.67. The lowest BCUT2D eigenvalue weighted by Crippen LogP contribution is -2.53. The van der Waals surface area contributed by atoms with Gasteiger partial charge >= 0.3 is 0 Å². The average Bonchev–Trinajstić information content (AvgIpc) is 2.77. The summed E-state index contributed by atoms with van der Waals surface area (Å²) in [6.45, 7) is 5.29. The van der Waals surface area contributed by atoms with Crippen LogP contribution in [0, 0.1) is 5.41 Å². The molecule has 0 N–H and O–H groups in total. The Hall–Kier alpha value is -1.83. The van der Waals surface area contributed by atoms with Gasteiger partial charge in [0.2, 0.25) is 11.8 Å². The number of nitrogens with zero attached hydrogens (tertiary/aromatic N) is 3. The molecule has 0 radical (unpaired) electrons. The lowest BCUT2D eigenvalue weighted by molar-refractivity contribution is -0.142. The highest BCUT2D eigenvalue weighted by atomic mass is 35.5. The molecule has 2 heterocycles. The molecular weight excluding hydrogens is 418 g/mol. The third kappa shape index (κ3) is 6.82. The van der Waals surface area contributed by atoms with Gasteiger partial charge in [-0.2, -0.15) is 0 Å². The predicted molar refractivity (Wildman–Crippen MR) is 120 cm³/mol. The summed E-state index contributed by atoms with van der Waals surface area (Å²) >= 11 is 6.10. The van der Waals surface area contributed by atoms with Crippen molar-refractivity contribution in [3.63, 3.8) is 0 Å². The molecule has 3 rings (SSSR count). The van der Waals surface area contributed by atoms with Gasteiger partial charge in [-0.3, -0.25) is 9.59 Å². The zero-order valence-electron chi connectivity index (χ0n) is 18.6. The van der Waals surface area contributed by atoms with Crippen molar-refractivity contribution in [2.75, 3.05) is 66.6 Å². The second-order valence-corrected chi connectivity index (χ2v) is 9.20. The Morgan fingerprint density at radius 3 is 2.58 bits per heavy atom.